The minimum absolute atomic E-state index is 0.197. The number of thiocarbonyl (C=S) groups is 1. The summed E-state index contributed by atoms with van der Waals surface area (Å²) >= 11 is 11.0. The van der Waals surface area contributed by atoms with E-state index in [1.54, 1.807) is 11.2 Å². The molecule has 0 spiro atoms. The first-order chi connectivity index (χ1) is 9.15. The summed E-state index contributed by atoms with van der Waals surface area (Å²) in [7, 11) is 0. The van der Waals surface area contributed by atoms with E-state index in [9.17, 15) is 0 Å². The van der Waals surface area contributed by atoms with E-state index in [-0.39, 0.29) is 5.11 Å². The maximum Gasteiger partial charge on any atom is 0.183 e. The second kappa shape index (κ2) is 6.45. The first-order valence-corrected chi connectivity index (χ1v) is 6.64. The predicted molar refractivity (Wildman–Crippen MR) is 81.7 cm³/mol. The molecule has 0 atom stereocenters. The number of hydrogen-bond donors (Lipinski definition) is 2. The molecule has 0 radical (unpaired) electrons. The van der Waals surface area contributed by atoms with Crippen molar-refractivity contribution in [1.82, 2.24) is 15.3 Å². The standard InChI is InChI=1S/C13H15ClN4S/c14-12-10-18(16-13(15)19)9-8-17(12)7-6-11-4-2-1-3-5-11/h1-5,8-10H,6-7H2,(H3,15,16,19). The molecule has 1 aromatic carbocycles. The molecule has 0 saturated carbocycles. The Morgan fingerprint density at radius 1 is 1.26 bits per heavy atom. The van der Waals surface area contributed by atoms with Crippen LogP contribution in [0.2, 0.25) is 0 Å². The third-order valence-electron chi connectivity index (χ3n) is 2.65. The Balaban J connectivity index is 1.90. The monoisotopic (exact) mass is 294 g/mol. The maximum absolute atomic E-state index is 6.20. The van der Waals surface area contributed by atoms with Gasteiger partial charge >= 0.3 is 0 Å². The largest absolute Gasteiger partial charge is 0.375 e. The minimum Gasteiger partial charge on any atom is -0.375 e. The SMILES string of the molecule is NC(=S)NN1C=CN(CCc2ccccc2)C(Cl)=C1. The van der Waals surface area contributed by atoms with E-state index in [0.717, 1.165) is 13.0 Å². The van der Waals surface area contributed by atoms with Gasteiger partial charge in [-0.1, -0.05) is 41.9 Å². The maximum atomic E-state index is 6.20. The average Bonchev–Trinajstić information content (AvgIpc) is 2.38. The van der Waals surface area contributed by atoms with Crippen LogP contribution in [0.3, 0.4) is 0 Å². The van der Waals surface area contributed by atoms with Gasteiger partial charge in [0.2, 0.25) is 0 Å². The van der Waals surface area contributed by atoms with Crippen LogP contribution in [0.5, 0.6) is 0 Å². The topological polar surface area (TPSA) is 44.5 Å². The fraction of sp³-hybridized carbons (Fsp3) is 0.154. The summed E-state index contributed by atoms with van der Waals surface area (Å²) < 4.78 is 0. The number of hydrazine groups is 1. The molecule has 19 heavy (non-hydrogen) atoms. The molecule has 0 unspecified atom stereocenters. The van der Waals surface area contributed by atoms with Crippen LogP contribution < -0.4 is 11.2 Å². The van der Waals surface area contributed by atoms with Crippen molar-refractivity contribution in [3.8, 4) is 0 Å². The molecule has 1 aliphatic rings. The molecule has 1 heterocycles. The third kappa shape index (κ3) is 4.15. The van der Waals surface area contributed by atoms with Crippen molar-refractivity contribution in [3.05, 3.63) is 59.7 Å². The lowest BCUT2D eigenvalue weighted by Gasteiger charge is -2.28. The number of nitrogens with two attached hydrogens (primary N) is 1. The molecule has 0 saturated heterocycles. The highest BCUT2D eigenvalue weighted by atomic mass is 35.5. The fourth-order valence-electron chi connectivity index (χ4n) is 1.73. The lowest BCUT2D eigenvalue weighted by molar-refractivity contribution is 0.388. The highest BCUT2D eigenvalue weighted by Crippen LogP contribution is 2.16. The normalized spacial score (nSPS) is 14.3. The van der Waals surface area contributed by atoms with Gasteiger partial charge in [0.1, 0.15) is 5.16 Å². The Morgan fingerprint density at radius 3 is 2.63 bits per heavy atom. The molecular weight excluding hydrogens is 280 g/mol. The Bertz CT molecular complexity index is 501. The second-order valence-corrected chi connectivity index (χ2v) is 4.89. The van der Waals surface area contributed by atoms with Crippen LogP contribution in [0.4, 0.5) is 0 Å². The van der Waals surface area contributed by atoms with Gasteiger partial charge in [-0.2, -0.15) is 0 Å². The van der Waals surface area contributed by atoms with Gasteiger partial charge in [0.05, 0.1) is 6.20 Å². The zero-order valence-corrected chi connectivity index (χ0v) is 11.9. The van der Waals surface area contributed by atoms with Gasteiger partial charge in [-0.25, -0.2) is 0 Å². The summed E-state index contributed by atoms with van der Waals surface area (Å²) in [4.78, 5) is 1.96. The van der Waals surface area contributed by atoms with E-state index in [0.29, 0.717) is 5.16 Å². The molecule has 2 rings (SSSR count). The summed E-state index contributed by atoms with van der Waals surface area (Å²) in [6.07, 6.45) is 6.36. The number of nitrogens with one attached hydrogen (secondary N) is 1. The van der Waals surface area contributed by atoms with Crippen molar-refractivity contribution in [2.45, 2.75) is 6.42 Å². The van der Waals surface area contributed by atoms with Gasteiger partial charge in [-0.05, 0) is 24.2 Å². The molecule has 0 fully saturated rings. The van der Waals surface area contributed by atoms with Gasteiger partial charge in [0, 0.05) is 18.9 Å². The summed E-state index contributed by atoms with van der Waals surface area (Å²) in [6.45, 7) is 0.816. The molecule has 100 valence electrons. The first kappa shape index (κ1) is 13.7. The molecule has 4 nitrogen and oxygen atoms in total. The number of hydrogen-bond acceptors (Lipinski definition) is 3. The lowest BCUT2D eigenvalue weighted by Crippen LogP contribution is -2.40. The van der Waals surface area contributed by atoms with Crippen molar-refractivity contribution >= 4 is 28.9 Å². The van der Waals surface area contributed by atoms with Crippen LogP contribution >= 0.6 is 23.8 Å². The van der Waals surface area contributed by atoms with Crippen LogP contribution in [0.1, 0.15) is 5.56 Å². The zero-order chi connectivity index (χ0) is 13.7. The van der Waals surface area contributed by atoms with Crippen LogP contribution in [0, 0.1) is 0 Å². The number of nitrogens with zero attached hydrogens (tertiary/aromatic N) is 2. The van der Waals surface area contributed by atoms with Crippen molar-refractivity contribution in [3.63, 3.8) is 0 Å². The summed E-state index contributed by atoms with van der Waals surface area (Å²) in [5, 5.41) is 2.44. The smallest absolute Gasteiger partial charge is 0.183 e. The molecule has 0 aliphatic carbocycles. The molecule has 0 bridgehead atoms. The Morgan fingerprint density at radius 2 is 2.00 bits per heavy atom. The van der Waals surface area contributed by atoms with Crippen molar-refractivity contribution < 1.29 is 0 Å². The molecule has 0 amide bonds. The molecule has 1 aromatic rings. The van der Waals surface area contributed by atoms with E-state index in [2.05, 4.69) is 17.6 Å². The van der Waals surface area contributed by atoms with Crippen LogP contribution in [-0.2, 0) is 6.42 Å². The minimum atomic E-state index is 0.197. The zero-order valence-electron chi connectivity index (χ0n) is 10.3. The predicted octanol–water partition coefficient (Wildman–Crippen LogP) is 2.10. The van der Waals surface area contributed by atoms with Crippen LogP contribution in [0.25, 0.3) is 0 Å². The van der Waals surface area contributed by atoms with Crippen LogP contribution in [-0.4, -0.2) is 21.6 Å². The molecule has 3 N–H and O–H groups in total. The van der Waals surface area contributed by atoms with Crippen molar-refractivity contribution in [2.75, 3.05) is 6.54 Å². The summed E-state index contributed by atoms with van der Waals surface area (Å²) in [5.41, 5.74) is 9.45. The van der Waals surface area contributed by atoms with E-state index in [1.807, 2.05) is 35.5 Å². The van der Waals surface area contributed by atoms with Gasteiger partial charge in [0.25, 0.3) is 0 Å². The highest BCUT2D eigenvalue weighted by molar-refractivity contribution is 7.80. The molecule has 0 aromatic heterocycles. The van der Waals surface area contributed by atoms with Crippen LogP contribution in [0.15, 0.2) is 54.1 Å². The Hall–Kier alpha value is -1.72. The van der Waals surface area contributed by atoms with E-state index < -0.39 is 0 Å². The quantitative estimate of drug-likeness (QED) is 0.658. The van der Waals surface area contributed by atoms with Gasteiger partial charge in [-0.3, -0.25) is 10.4 Å². The third-order valence-corrected chi connectivity index (χ3v) is 3.06. The van der Waals surface area contributed by atoms with Gasteiger partial charge < -0.3 is 10.6 Å². The number of rotatable bonds is 4. The highest BCUT2D eigenvalue weighted by Gasteiger charge is 2.11. The molecular formula is C13H15ClN4S. The average molecular weight is 295 g/mol. The summed E-state index contributed by atoms with van der Waals surface area (Å²) in [6, 6.07) is 10.3. The van der Waals surface area contributed by atoms with E-state index in [1.165, 1.54) is 5.56 Å². The lowest BCUT2D eigenvalue weighted by atomic mass is 10.1. The number of halogens is 1. The number of benzene rings is 1. The first-order valence-electron chi connectivity index (χ1n) is 5.86. The second-order valence-electron chi connectivity index (χ2n) is 4.06. The Labute approximate surface area is 123 Å². The summed E-state index contributed by atoms with van der Waals surface area (Å²) in [5.74, 6) is 0. The van der Waals surface area contributed by atoms with Crippen molar-refractivity contribution in [1.29, 1.82) is 0 Å². The Kier molecular flexibility index (Phi) is 4.65. The molecule has 1 aliphatic heterocycles. The van der Waals surface area contributed by atoms with E-state index >= 15 is 0 Å². The molecule has 6 heteroatoms. The van der Waals surface area contributed by atoms with Gasteiger partial charge in [0.15, 0.2) is 5.11 Å². The van der Waals surface area contributed by atoms with Gasteiger partial charge in [-0.15, -0.1) is 0 Å². The van der Waals surface area contributed by atoms with E-state index in [4.69, 9.17) is 29.6 Å². The fourth-order valence-corrected chi connectivity index (χ4v) is 2.08. The van der Waals surface area contributed by atoms with Crippen molar-refractivity contribution in [2.24, 2.45) is 5.73 Å².